The highest BCUT2D eigenvalue weighted by Crippen LogP contribution is 2.46. The molecular formula is C114H82B4N2O8. The Labute approximate surface area is 746 Å². The van der Waals surface area contributed by atoms with Crippen molar-refractivity contribution < 1.29 is 37.9 Å². The fourth-order valence-corrected chi connectivity index (χ4v) is 19.5. The van der Waals surface area contributed by atoms with Crippen molar-refractivity contribution in [3.63, 3.8) is 0 Å². The van der Waals surface area contributed by atoms with Crippen molar-refractivity contribution >= 4 is 127 Å². The first-order chi connectivity index (χ1) is 63.1. The van der Waals surface area contributed by atoms with Crippen LogP contribution in [0.1, 0.15) is 50.7 Å². The highest BCUT2D eigenvalue weighted by molar-refractivity contribution is 7.00. The van der Waals surface area contributed by atoms with Crippen LogP contribution in [0.4, 0.5) is 34.1 Å². The third-order valence-electron chi connectivity index (χ3n) is 25.6. The minimum Gasteiger partial charge on any atom is -0.458 e. The van der Waals surface area contributed by atoms with Crippen LogP contribution in [0.5, 0.6) is 92.0 Å². The van der Waals surface area contributed by atoms with Crippen LogP contribution >= 0.6 is 0 Å². The Hall–Kier alpha value is -15.8. The van der Waals surface area contributed by atoms with E-state index in [9.17, 15) is 0 Å². The van der Waals surface area contributed by atoms with E-state index in [2.05, 4.69) is 329 Å². The van der Waals surface area contributed by atoms with Crippen molar-refractivity contribution in [2.24, 2.45) is 0 Å². The van der Waals surface area contributed by atoms with Gasteiger partial charge in [-0.05, 0) is 222 Å². The van der Waals surface area contributed by atoms with E-state index < -0.39 is 0 Å². The summed E-state index contributed by atoms with van der Waals surface area (Å²) in [6.07, 6.45) is 0. The molecule has 0 radical (unpaired) electrons. The van der Waals surface area contributed by atoms with E-state index >= 15 is 0 Å². The van der Waals surface area contributed by atoms with Gasteiger partial charge in [0.05, 0.1) is 5.69 Å². The molecule has 0 saturated carbocycles. The van der Waals surface area contributed by atoms with Crippen molar-refractivity contribution in [2.75, 3.05) is 9.80 Å². The first kappa shape index (κ1) is 77.1. The first-order valence-electron chi connectivity index (χ1n) is 44.0. The van der Waals surface area contributed by atoms with Crippen LogP contribution in [0.15, 0.2) is 413 Å². The van der Waals surface area contributed by atoms with Gasteiger partial charge in [0, 0.05) is 68.5 Å². The summed E-state index contributed by atoms with van der Waals surface area (Å²) in [5.41, 5.74) is 27.8. The highest BCUT2D eigenvalue weighted by atomic mass is 16.5. The fraction of sp³-hybridized carbons (Fsp3) is 0.0526. The van der Waals surface area contributed by atoms with Crippen LogP contribution in [0.2, 0.25) is 0 Å². The Kier molecular flexibility index (Phi) is 19.5. The second-order valence-electron chi connectivity index (χ2n) is 33.9. The van der Waals surface area contributed by atoms with Gasteiger partial charge in [-0.15, -0.1) is 0 Å². The lowest BCUT2D eigenvalue weighted by Crippen LogP contribution is -2.57. The van der Waals surface area contributed by atoms with Gasteiger partial charge in [-0.1, -0.05) is 289 Å². The quantitative estimate of drug-likeness (QED) is 0.124. The molecule has 10 nitrogen and oxygen atoms in total. The molecule has 0 bridgehead atoms. The number of rotatable bonds is 10. The number of para-hydroxylation sites is 9. The molecule has 0 aliphatic carbocycles. The van der Waals surface area contributed by atoms with E-state index in [1.165, 1.54) is 71.6 Å². The number of anilines is 6. The van der Waals surface area contributed by atoms with Gasteiger partial charge in [-0.2, -0.15) is 0 Å². The zero-order chi connectivity index (χ0) is 85.5. The normalized spacial score (nSPS) is 12.8. The second kappa shape index (κ2) is 32.4. The van der Waals surface area contributed by atoms with Crippen molar-refractivity contribution in [2.45, 2.75) is 39.5 Å². The molecule has 608 valence electrons. The second-order valence-corrected chi connectivity index (χ2v) is 33.9. The smallest absolute Gasteiger partial charge is 0.260 e. The lowest BCUT2D eigenvalue weighted by atomic mass is 9.35. The summed E-state index contributed by atoms with van der Waals surface area (Å²) in [5.74, 6) is 15.3. The Morgan fingerprint density at radius 1 is 0.164 bits per heavy atom. The highest BCUT2D eigenvalue weighted by Gasteiger charge is 2.45. The van der Waals surface area contributed by atoms with Gasteiger partial charge in [0.25, 0.3) is 26.9 Å². The standard InChI is InChI=1S/2C30H20BNO2.2C27H21BO2/c1-3-11-21(12-4-1)32(22-13-5-2-6-14-22)23-19-28-30-29(20-23)34-27-18-10-8-16-25(27)31(30)24-15-7-9-17-26(24)33-28;1-3-10-21(11-4-1)32(22-12-5-2-6-13-22)23-18-19-25-29(20-23)34-28-17-9-16-27-30(28)31(25)24-14-7-8-15-26(24)33-27;1-17(2)18-10-12-19(13-11-18)20-14-15-24-22(16-20)28-21-6-3-4-7-23(21)29-25-8-5-9-26(30-24)27(25)28;1-17(2)18-10-12-19(13-11-18)20-14-15-22-26(16-20)30-25-9-5-8-24-27(25)28(22)21-6-3-4-7-23(21)29-24/h2*1-20H;2*3-17H,1-2H3. The lowest BCUT2D eigenvalue weighted by molar-refractivity contribution is 0.464. The molecule has 0 fully saturated rings. The molecule has 8 heterocycles. The molecular weight excluding hydrogens is 1570 g/mol. The Bertz CT molecular complexity index is 7150. The molecule has 8 aliphatic rings. The first-order valence-corrected chi connectivity index (χ1v) is 44.0. The van der Waals surface area contributed by atoms with E-state index in [1.54, 1.807) is 0 Å². The molecule has 18 aromatic rings. The topological polar surface area (TPSA) is 80.3 Å². The molecule has 128 heavy (non-hydrogen) atoms. The van der Waals surface area contributed by atoms with E-state index in [0.717, 1.165) is 153 Å². The Balaban J connectivity index is 0.0000000978. The van der Waals surface area contributed by atoms with Crippen LogP contribution in [-0.4, -0.2) is 26.9 Å². The summed E-state index contributed by atoms with van der Waals surface area (Å²) in [6, 6.07) is 143. The van der Waals surface area contributed by atoms with Crippen LogP contribution in [0.25, 0.3) is 22.3 Å². The summed E-state index contributed by atoms with van der Waals surface area (Å²) in [4.78, 5) is 4.49. The van der Waals surface area contributed by atoms with E-state index in [-0.39, 0.29) is 26.9 Å². The van der Waals surface area contributed by atoms with Gasteiger partial charge in [-0.3, -0.25) is 0 Å². The Morgan fingerprint density at radius 3 is 0.766 bits per heavy atom. The molecule has 18 aromatic carbocycles. The Morgan fingerprint density at radius 2 is 0.406 bits per heavy atom. The number of hydrogen-bond donors (Lipinski definition) is 0. The predicted molar refractivity (Wildman–Crippen MR) is 525 cm³/mol. The third-order valence-corrected chi connectivity index (χ3v) is 25.6. The zero-order valence-corrected chi connectivity index (χ0v) is 70.9. The summed E-state index contributed by atoms with van der Waals surface area (Å²) < 4.78 is 50.8. The lowest BCUT2D eigenvalue weighted by Gasteiger charge is -2.34. The monoisotopic (exact) mass is 1650 g/mol. The number of ether oxygens (including phenoxy) is 8. The number of hydrogen-bond acceptors (Lipinski definition) is 10. The van der Waals surface area contributed by atoms with Crippen molar-refractivity contribution in [3.05, 3.63) is 424 Å². The van der Waals surface area contributed by atoms with E-state index in [4.69, 9.17) is 37.9 Å². The molecule has 14 heteroatoms. The molecule has 0 saturated heterocycles. The molecule has 26 rings (SSSR count). The van der Waals surface area contributed by atoms with Gasteiger partial charge in [0.1, 0.15) is 92.0 Å². The molecule has 0 spiro atoms. The maximum absolute atomic E-state index is 6.50. The molecule has 0 N–H and O–H groups in total. The SMILES string of the molecule is CC(C)c1ccc(-c2ccc3c(c2)B2c4ccccc4Oc4cccc(c42)O3)cc1.CC(C)c1ccc(-c2ccc3c(c2)Oc2cccc4c2B3c2ccccc2O4)cc1.c1ccc(N(c2ccccc2)c2cc3c4c(c2)Oc2ccccc2B4c2ccccc2O3)cc1.c1ccc(N(c2ccccc2)c2ccc3c(c2)Oc2cccc4c2B3c2ccccc2O4)cc1. The van der Waals surface area contributed by atoms with Crippen molar-refractivity contribution in [3.8, 4) is 114 Å². The maximum atomic E-state index is 6.50. The molecule has 8 aliphatic heterocycles. The minimum atomic E-state index is 0.0795. The predicted octanol–water partition coefficient (Wildman–Crippen LogP) is 22.2. The van der Waals surface area contributed by atoms with E-state index in [1.807, 2.05) is 121 Å². The number of fused-ring (bicyclic) bond motifs is 16. The minimum absolute atomic E-state index is 0.0795. The van der Waals surface area contributed by atoms with Crippen molar-refractivity contribution in [1.82, 2.24) is 0 Å². The van der Waals surface area contributed by atoms with E-state index in [0.29, 0.717) is 11.8 Å². The van der Waals surface area contributed by atoms with Crippen LogP contribution in [0.3, 0.4) is 0 Å². The van der Waals surface area contributed by atoms with Crippen LogP contribution < -0.4 is 113 Å². The van der Waals surface area contributed by atoms with Gasteiger partial charge >= 0.3 is 0 Å². The number of nitrogens with zero attached hydrogens (tertiary/aromatic N) is 2. The largest absolute Gasteiger partial charge is 0.458 e. The zero-order valence-electron chi connectivity index (χ0n) is 70.9. The molecule has 0 atom stereocenters. The number of benzene rings is 18. The summed E-state index contributed by atoms with van der Waals surface area (Å²) >= 11 is 0. The van der Waals surface area contributed by atoms with Crippen LogP contribution in [0, 0.1) is 0 Å². The summed E-state index contributed by atoms with van der Waals surface area (Å²) in [7, 11) is 0. The summed E-state index contributed by atoms with van der Waals surface area (Å²) in [5, 5.41) is 0. The fourth-order valence-electron chi connectivity index (χ4n) is 19.5. The van der Waals surface area contributed by atoms with Gasteiger partial charge in [-0.25, -0.2) is 0 Å². The average Bonchev–Trinajstić information content (AvgIpc) is 0.733. The van der Waals surface area contributed by atoms with Crippen molar-refractivity contribution in [1.29, 1.82) is 0 Å². The van der Waals surface area contributed by atoms with Gasteiger partial charge < -0.3 is 47.7 Å². The van der Waals surface area contributed by atoms with Gasteiger partial charge in [0.15, 0.2) is 0 Å². The van der Waals surface area contributed by atoms with Gasteiger partial charge in [0.2, 0.25) is 0 Å². The molecule has 0 amide bonds. The third kappa shape index (κ3) is 13.8. The van der Waals surface area contributed by atoms with Crippen LogP contribution in [-0.2, 0) is 0 Å². The maximum Gasteiger partial charge on any atom is 0.260 e. The molecule has 0 unspecified atom stereocenters. The summed E-state index contributed by atoms with van der Waals surface area (Å²) in [6.45, 7) is 9.29. The molecule has 0 aromatic heterocycles. The average molecular weight is 1650 g/mol.